The van der Waals surface area contributed by atoms with E-state index in [1.165, 1.54) is 0 Å². The first-order valence-electron chi connectivity index (χ1n) is 23.0. The van der Waals surface area contributed by atoms with Crippen molar-refractivity contribution >= 4 is 47.7 Å². The maximum absolute atomic E-state index is 13.0. The van der Waals surface area contributed by atoms with E-state index in [4.69, 9.17) is 9.47 Å². The molecule has 0 spiro atoms. The lowest BCUT2D eigenvalue weighted by Gasteiger charge is -2.33. The van der Waals surface area contributed by atoms with Gasteiger partial charge < -0.3 is 40.7 Å². The van der Waals surface area contributed by atoms with Crippen molar-refractivity contribution < 1.29 is 53.6 Å². The van der Waals surface area contributed by atoms with Gasteiger partial charge >= 0.3 is 17.9 Å². The fourth-order valence-corrected chi connectivity index (χ4v) is 6.73. The number of anilines is 1. The van der Waals surface area contributed by atoms with Crippen LogP contribution in [0.4, 0.5) is 5.69 Å². The minimum Gasteiger partial charge on any atom is -0.480 e. The van der Waals surface area contributed by atoms with Gasteiger partial charge in [-0.3, -0.25) is 63.8 Å². The molecule has 2 aromatic rings. The number of nitrogens with one attached hydrogen (secondary N) is 4. The van der Waals surface area contributed by atoms with Crippen molar-refractivity contribution in [3.05, 3.63) is 54.1 Å². The van der Waals surface area contributed by atoms with Crippen LogP contribution in [0.25, 0.3) is 0 Å². The van der Waals surface area contributed by atoms with E-state index in [0.29, 0.717) is 114 Å². The Bertz CT molecular complexity index is 1940. The Hall–Kier alpha value is -6.05. The molecule has 2 aliphatic heterocycles. The quantitative estimate of drug-likeness (QED) is 0.0545. The van der Waals surface area contributed by atoms with E-state index in [0.717, 1.165) is 12.8 Å². The number of nitrogens with zero attached hydrogens (tertiary/aromatic N) is 9. The number of aliphatic carboxylic acids is 3. The van der Waals surface area contributed by atoms with E-state index in [9.17, 15) is 44.1 Å². The molecule has 3 amide bonds. The van der Waals surface area contributed by atoms with Crippen LogP contribution < -0.4 is 21.4 Å². The maximum atomic E-state index is 13.0. The summed E-state index contributed by atoms with van der Waals surface area (Å²) in [7, 11) is 0. The zero-order valence-corrected chi connectivity index (χ0v) is 40.5. The number of hydrogen-bond acceptors (Lipinski definition) is 18. The predicted octanol–water partition coefficient (Wildman–Crippen LogP) is 1.33. The highest BCUT2D eigenvalue weighted by Gasteiger charge is 2.26. The summed E-state index contributed by atoms with van der Waals surface area (Å²) in [5, 5.41) is 48.8. The SMILES string of the molecule is CCCCC(=O)NCCOC(C)(C)CCOC(C)(C)CNC(=O)CN1CCN(CC(=O)O)CCN(CC(=O)O)CCN(CC(=O)O)CC1.O=CNc1ccc(C2N=NC(c3ccccn3)=NN2)nc1. The molecule has 382 valence electrons. The first-order chi connectivity index (χ1) is 32.9. The van der Waals surface area contributed by atoms with Crippen LogP contribution >= 0.6 is 0 Å². The Kier molecular flexibility index (Phi) is 25.3. The van der Waals surface area contributed by atoms with Crippen LogP contribution in [0.15, 0.2) is 58.1 Å². The fourth-order valence-electron chi connectivity index (χ4n) is 6.73. The minimum absolute atomic E-state index is 0.0267. The van der Waals surface area contributed by atoms with Gasteiger partial charge in [-0.15, -0.1) is 5.11 Å². The molecule has 2 aromatic heterocycles. The lowest BCUT2D eigenvalue weighted by Crippen LogP contribution is -2.50. The molecule has 1 unspecified atom stereocenters. The number of azo groups is 1. The summed E-state index contributed by atoms with van der Waals surface area (Å²) >= 11 is 0. The van der Waals surface area contributed by atoms with Gasteiger partial charge in [0.25, 0.3) is 0 Å². The van der Waals surface area contributed by atoms with Crippen LogP contribution in [0.5, 0.6) is 0 Å². The molecule has 24 nitrogen and oxygen atoms in total. The monoisotopic (exact) mass is 970 g/mol. The van der Waals surface area contributed by atoms with E-state index in [-0.39, 0.29) is 44.5 Å². The minimum atomic E-state index is -1.02. The van der Waals surface area contributed by atoms with Gasteiger partial charge in [0.1, 0.15) is 5.69 Å². The summed E-state index contributed by atoms with van der Waals surface area (Å²) in [4.78, 5) is 84.8. The summed E-state index contributed by atoms with van der Waals surface area (Å²) in [5.74, 6) is -2.83. The molecule has 1 saturated heterocycles. The van der Waals surface area contributed by atoms with Gasteiger partial charge in [-0.1, -0.05) is 19.4 Å². The van der Waals surface area contributed by atoms with Crippen molar-refractivity contribution in [2.75, 3.05) is 110 Å². The average Bonchev–Trinajstić information content (AvgIpc) is 3.30. The molecule has 0 aliphatic carbocycles. The van der Waals surface area contributed by atoms with Gasteiger partial charge in [-0.2, -0.15) is 10.2 Å². The third-order valence-corrected chi connectivity index (χ3v) is 10.7. The number of carbonyl (C=O) groups is 6. The largest absolute Gasteiger partial charge is 0.480 e. The summed E-state index contributed by atoms with van der Waals surface area (Å²) in [6.45, 7) is 13.1. The van der Waals surface area contributed by atoms with Gasteiger partial charge in [0.05, 0.1) is 68.2 Å². The third kappa shape index (κ3) is 24.7. The van der Waals surface area contributed by atoms with Crippen molar-refractivity contribution in [2.24, 2.45) is 15.3 Å². The topological polar surface area (TPSA) is 306 Å². The van der Waals surface area contributed by atoms with Gasteiger partial charge in [0.15, 0.2) is 6.17 Å². The van der Waals surface area contributed by atoms with Crippen molar-refractivity contribution in [3.63, 3.8) is 0 Å². The number of carboxylic acids is 3. The van der Waals surface area contributed by atoms with Crippen LogP contribution in [-0.4, -0.2) is 203 Å². The molecular formula is C45H71N13O11. The lowest BCUT2D eigenvalue weighted by molar-refractivity contribution is -0.140. The Balaban J connectivity index is 0.000000491. The molecule has 7 N–H and O–H groups in total. The number of rotatable bonds is 25. The van der Waals surface area contributed by atoms with Gasteiger partial charge in [-0.05, 0) is 64.8 Å². The second kappa shape index (κ2) is 30.4. The number of hydrogen-bond donors (Lipinski definition) is 7. The van der Waals surface area contributed by atoms with Crippen molar-refractivity contribution in [1.82, 2.24) is 45.6 Å². The van der Waals surface area contributed by atoms with Crippen LogP contribution in [0.2, 0.25) is 0 Å². The predicted molar refractivity (Wildman–Crippen MR) is 254 cm³/mol. The molecule has 4 rings (SSSR count). The molecule has 1 atom stereocenters. The zero-order chi connectivity index (χ0) is 50.7. The molecule has 1 fully saturated rings. The van der Waals surface area contributed by atoms with E-state index >= 15 is 0 Å². The Morgan fingerprint density at radius 1 is 0.754 bits per heavy atom. The second-order valence-electron chi connectivity index (χ2n) is 17.6. The van der Waals surface area contributed by atoms with Gasteiger partial charge in [-0.25, -0.2) is 0 Å². The molecule has 24 heteroatoms. The van der Waals surface area contributed by atoms with Crippen LogP contribution in [0.1, 0.15) is 77.9 Å². The first kappa shape index (κ1) is 57.3. The average molecular weight is 970 g/mol. The Labute approximate surface area is 403 Å². The number of aromatic nitrogens is 2. The lowest BCUT2D eigenvalue weighted by atomic mass is 10.1. The maximum Gasteiger partial charge on any atom is 0.317 e. The Morgan fingerprint density at radius 3 is 1.81 bits per heavy atom. The molecule has 0 radical (unpaired) electrons. The summed E-state index contributed by atoms with van der Waals surface area (Å²) in [5.41, 5.74) is 3.64. The standard InChI is InChI=1S/C32H60N6O10.C13H11N7O/c1-6-7-8-26(39)33-10-20-48-31(2,3)9-19-47-32(4,5)25-34-27(40)21-35-11-13-36(22-28(41)42)15-17-38(24-30(45)46)18-16-37(14-12-35)23-29(43)44;21-8-16-9-4-5-11(15-7-9)13-19-17-12(18-20-13)10-3-1-2-6-14-10/h6-25H2,1-5H3,(H,33,39)(H,34,40)(H,41,42)(H,43,44)(H,45,46);1-8,13,19H,(H,16,21). The highest BCUT2D eigenvalue weighted by atomic mass is 16.5. The van der Waals surface area contributed by atoms with E-state index in [1.807, 2.05) is 51.7 Å². The molecule has 2 aliphatic rings. The summed E-state index contributed by atoms with van der Waals surface area (Å²) in [6, 6.07) is 8.94. The smallest absolute Gasteiger partial charge is 0.317 e. The van der Waals surface area contributed by atoms with Crippen LogP contribution in [0.3, 0.4) is 0 Å². The highest BCUT2D eigenvalue weighted by Crippen LogP contribution is 2.19. The number of carboxylic acid groups (broad SMARTS) is 3. The first-order valence-corrected chi connectivity index (χ1v) is 23.0. The number of hydrazone groups is 1. The second-order valence-corrected chi connectivity index (χ2v) is 17.6. The van der Waals surface area contributed by atoms with Crippen molar-refractivity contribution in [1.29, 1.82) is 0 Å². The summed E-state index contributed by atoms with van der Waals surface area (Å²) < 4.78 is 12.0. The molecule has 4 heterocycles. The number of unbranched alkanes of at least 4 members (excludes halogenated alkanes) is 1. The molecule has 0 aromatic carbocycles. The summed E-state index contributed by atoms with van der Waals surface area (Å²) in [6.07, 6.45) is 6.31. The van der Waals surface area contributed by atoms with E-state index in [2.05, 4.69) is 46.7 Å². The van der Waals surface area contributed by atoms with Crippen molar-refractivity contribution in [2.45, 2.75) is 77.7 Å². The Morgan fingerprint density at radius 2 is 1.33 bits per heavy atom. The number of carbonyl (C=O) groups excluding carboxylic acids is 3. The van der Waals surface area contributed by atoms with Crippen LogP contribution in [-0.2, 0) is 38.2 Å². The number of ether oxygens (including phenoxy) is 2. The molecular weight excluding hydrogens is 899 g/mol. The third-order valence-electron chi connectivity index (χ3n) is 10.7. The zero-order valence-electron chi connectivity index (χ0n) is 40.5. The van der Waals surface area contributed by atoms with Crippen LogP contribution in [0, 0.1) is 0 Å². The number of amidine groups is 1. The number of pyridine rings is 2. The highest BCUT2D eigenvalue weighted by molar-refractivity contribution is 5.97. The molecule has 69 heavy (non-hydrogen) atoms. The molecule has 0 bridgehead atoms. The number of amides is 3. The van der Waals surface area contributed by atoms with Gasteiger partial charge in [0.2, 0.25) is 24.1 Å². The van der Waals surface area contributed by atoms with Gasteiger partial charge in [0, 0.05) is 78.1 Å². The van der Waals surface area contributed by atoms with Crippen molar-refractivity contribution in [3.8, 4) is 0 Å². The fraction of sp³-hybridized carbons (Fsp3) is 0.622. The normalized spacial score (nSPS) is 16.8. The molecule has 0 saturated carbocycles. The van der Waals surface area contributed by atoms with E-state index < -0.39 is 35.3 Å². The van der Waals surface area contributed by atoms with E-state index in [1.54, 1.807) is 45.3 Å².